The highest BCUT2D eigenvalue weighted by molar-refractivity contribution is 5.90. The summed E-state index contributed by atoms with van der Waals surface area (Å²) in [5.41, 5.74) is 5.22. The van der Waals surface area contributed by atoms with E-state index in [0.717, 1.165) is 104 Å². The van der Waals surface area contributed by atoms with Crippen molar-refractivity contribution in [2.45, 2.75) is 202 Å². The molecule has 2 aromatic carbocycles. The summed E-state index contributed by atoms with van der Waals surface area (Å²) < 4.78 is 17.6. The van der Waals surface area contributed by atoms with Crippen molar-refractivity contribution in [3.05, 3.63) is 65.7 Å². The fourth-order valence-electron chi connectivity index (χ4n) is 12.9. The molecule has 3 fully saturated rings. The Kier molecular flexibility index (Phi) is 18.5. The van der Waals surface area contributed by atoms with Crippen molar-refractivity contribution in [2.24, 2.45) is 46.3 Å². The van der Waals surface area contributed by atoms with E-state index in [2.05, 4.69) is 59.8 Å². The van der Waals surface area contributed by atoms with Gasteiger partial charge in [-0.1, -0.05) is 155 Å². The SMILES string of the molecule is CCCCCCOC(=O)c1ccc(-c2ccc(OCCCCCCCCCCC(=O)OC3CC[C@@]4(C)C(=CC[C@H]5[C@@H]6CC[C@H]([C@H](C)CCCC(C)C)[C@@]6(C)CC[C@@H]54)C3)cc2)cc1. The number of carbonyl (C=O) groups excluding carboxylic acids is 2. The minimum Gasteiger partial charge on any atom is -0.494 e. The molecule has 0 heterocycles. The molecule has 4 aliphatic carbocycles. The third-order valence-corrected chi connectivity index (χ3v) is 16.6. The predicted molar refractivity (Wildman–Crippen MR) is 256 cm³/mol. The zero-order chi connectivity index (χ0) is 44.0. The van der Waals surface area contributed by atoms with E-state index in [4.69, 9.17) is 14.2 Å². The third-order valence-electron chi connectivity index (χ3n) is 16.6. The standard InChI is InChI=1S/C57H86O5/c1-7-8-9-17-40-61-55(59)46-25-23-44(24-26-46)45-27-30-48(31-28-45)60-39-18-15-13-11-10-12-14-16-22-54(58)62-49-35-37-56(5)47(41-49)29-32-50-52-34-33-51(43(4)21-19-20-42(2)3)57(52,6)38-36-53(50)56/h23-31,42-43,49-53H,7-22,32-41H2,1-6H3/t43-,49?,50+,51-,52+,53+,56+,57-/m1/s1. The van der Waals surface area contributed by atoms with Gasteiger partial charge < -0.3 is 14.2 Å². The predicted octanol–water partition coefficient (Wildman–Crippen LogP) is 15.9. The maximum atomic E-state index is 13.0. The van der Waals surface area contributed by atoms with Gasteiger partial charge in [0.05, 0.1) is 18.8 Å². The molecule has 4 aliphatic rings. The molecule has 3 saturated carbocycles. The van der Waals surface area contributed by atoms with Gasteiger partial charge in [-0.25, -0.2) is 4.79 Å². The fraction of sp³-hybridized carbons (Fsp3) is 0.719. The first kappa shape index (κ1) is 48.4. The number of ether oxygens (including phenoxy) is 3. The second-order valence-electron chi connectivity index (χ2n) is 21.4. The van der Waals surface area contributed by atoms with Crippen LogP contribution in [0.4, 0.5) is 0 Å². The number of carbonyl (C=O) groups is 2. The molecule has 6 rings (SSSR count). The summed E-state index contributed by atoms with van der Waals surface area (Å²) in [6.45, 7) is 16.0. The van der Waals surface area contributed by atoms with Crippen LogP contribution < -0.4 is 4.74 Å². The number of rotatable bonds is 25. The Morgan fingerprint density at radius 3 is 2.06 bits per heavy atom. The summed E-state index contributed by atoms with van der Waals surface area (Å²) in [5, 5.41) is 0. The third kappa shape index (κ3) is 12.8. The van der Waals surface area contributed by atoms with Crippen molar-refractivity contribution in [1.29, 1.82) is 0 Å². The molecule has 344 valence electrons. The molecule has 0 radical (unpaired) electrons. The van der Waals surface area contributed by atoms with E-state index in [1.807, 2.05) is 36.4 Å². The number of fused-ring (bicyclic) bond motifs is 5. The van der Waals surface area contributed by atoms with Gasteiger partial charge in [-0.2, -0.15) is 0 Å². The molecule has 0 spiro atoms. The Labute approximate surface area is 378 Å². The molecular formula is C57H86O5. The highest BCUT2D eigenvalue weighted by atomic mass is 16.5. The fourth-order valence-corrected chi connectivity index (χ4v) is 12.9. The Balaban J connectivity index is 0.793. The van der Waals surface area contributed by atoms with Crippen LogP contribution in [0.3, 0.4) is 0 Å². The van der Waals surface area contributed by atoms with Crippen molar-refractivity contribution >= 4 is 11.9 Å². The van der Waals surface area contributed by atoms with Crippen LogP contribution in [0.25, 0.3) is 11.1 Å². The lowest BCUT2D eigenvalue weighted by Crippen LogP contribution is -2.51. The first-order valence-corrected chi connectivity index (χ1v) is 25.9. The molecule has 2 aromatic rings. The van der Waals surface area contributed by atoms with Gasteiger partial charge >= 0.3 is 11.9 Å². The number of hydrogen-bond acceptors (Lipinski definition) is 5. The molecule has 5 heteroatoms. The van der Waals surface area contributed by atoms with E-state index in [1.165, 1.54) is 103 Å². The van der Waals surface area contributed by atoms with E-state index < -0.39 is 0 Å². The summed E-state index contributed by atoms with van der Waals surface area (Å²) >= 11 is 0. The van der Waals surface area contributed by atoms with Crippen LogP contribution in [0.1, 0.15) is 206 Å². The molecule has 62 heavy (non-hydrogen) atoms. The van der Waals surface area contributed by atoms with Gasteiger partial charge in [0, 0.05) is 12.8 Å². The Morgan fingerprint density at radius 1 is 0.694 bits per heavy atom. The second kappa shape index (κ2) is 23.7. The molecule has 0 bridgehead atoms. The summed E-state index contributed by atoms with van der Waals surface area (Å²) in [5.74, 6) is 5.81. The monoisotopic (exact) mass is 851 g/mol. The summed E-state index contributed by atoms with van der Waals surface area (Å²) in [7, 11) is 0. The van der Waals surface area contributed by atoms with Crippen molar-refractivity contribution in [2.75, 3.05) is 13.2 Å². The van der Waals surface area contributed by atoms with Gasteiger partial charge in [0.15, 0.2) is 0 Å². The van der Waals surface area contributed by atoms with Crippen LogP contribution in [0, 0.1) is 46.3 Å². The Bertz CT molecular complexity index is 1690. The Morgan fingerprint density at radius 2 is 1.35 bits per heavy atom. The van der Waals surface area contributed by atoms with Gasteiger partial charge in [0.2, 0.25) is 0 Å². The zero-order valence-electron chi connectivity index (χ0n) is 40.2. The largest absolute Gasteiger partial charge is 0.494 e. The van der Waals surface area contributed by atoms with Gasteiger partial charge in [-0.05, 0) is 146 Å². The lowest BCUT2D eigenvalue weighted by Gasteiger charge is -2.58. The lowest BCUT2D eigenvalue weighted by atomic mass is 9.47. The molecule has 5 nitrogen and oxygen atoms in total. The average Bonchev–Trinajstić information content (AvgIpc) is 3.63. The van der Waals surface area contributed by atoms with E-state index in [1.54, 1.807) is 5.57 Å². The van der Waals surface area contributed by atoms with Gasteiger partial charge in [0.25, 0.3) is 0 Å². The molecule has 0 N–H and O–H groups in total. The van der Waals surface area contributed by atoms with Gasteiger partial charge in [-0.15, -0.1) is 0 Å². The molecular weight excluding hydrogens is 765 g/mol. The van der Waals surface area contributed by atoms with Gasteiger partial charge in [-0.3, -0.25) is 4.79 Å². The average molecular weight is 851 g/mol. The maximum Gasteiger partial charge on any atom is 0.338 e. The van der Waals surface area contributed by atoms with E-state index in [0.29, 0.717) is 29.4 Å². The van der Waals surface area contributed by atoms with Gasteiger partial charge in [0.1, 0.15) is 11.9 Å². The maximum absolute atomic E-state index is 13.0. The highest BCUT2D eigenvalue weighted by Gasteiger charge is 2.59. The number of benzene rings is 2. The second-order valence-corrected chi connectivity index (χ2v) is 21.4. The van der Waals surface area contributed by atoms with Crippen molar-refractivity contribution in [3.63, 3.8) is 0 Å². The lowest BCUT2D eigenvalue weighted by molar-refractivity contribution is -0.151. The summed E-state index contributed by atoms with van der Waals surface area (Å²) in [4.78, 5) is 25.3. The molecule has 0 aromatic heterocycles. The van der Waals surface area contributed by atoms with Crippen molar-refractivity contribution < 1.29 is 23.8 Å². The molecule has 0 saturated heterocycles. The number of allylic oxidation sites excluding steroid dienone is 1. The Hall–Kier alpha value is -3.08. The van der Waals surface area contributed by atoms with E-state index in [9.17, 15) is 9.59 Å². The van der Waals surface area contributed by atoms with Crippen LogP contribution in [0.5, 0.6) is 5.75 Å². The molecule has 0 amide bonds. The molecule has 1 unspecified atom stereocenters. The first-order chi connectivity index (χ1) is 30.0. The van der Waals surface area contributed by atoms with Crippen LogP contribution in [-0.2, 0) is 14.3 Å². The van der Waals surface area contributed by atoms with E-state index >= 15 is 0 Å². The van der Waals surface area contributed by atoms with Crippen LogP contribution in [-0.4, -0.2) is 31.3 Å². The highest BCUT2D eigenvalue weighted by Crippen LogP contribution is 2.67. The van der Waals surface area contributed by atoms with Crippen molar-refractivity contribution in [1.82, 2.24) is 0 Å². The zero-order valence-corrected chi connectivity index (χ0v) is 40.2. The molecule has 0 aliphatic heterocycles. The van der Waals surface area contributed by atoms with Crippen LogP contribution >= 0.6 is 0 Å². The summed E-state index contributed by atoms with van der Waals surface area (Å²) in [6, 6.07) is 15.9. The van der Waals surface area contributed by atoms with Crippen LogP contribution in [0.15, 0.2) is 60.2 Å². The van der Waals surface area contributed by atoms with Crippen LogP contribution in [0.2, 0.25) is 0 Å². The molecule has 8 atom stereocenters. The number of hydrogen-bond donors (Lipinski definition) is 0. The minimum absolute atomic E-state index is 0.0245. The first-order valence-electron chi connectivity index (χ1n) is 25.9. The minimum atomic E-state index is -0.248. The number of unbranched alkanes of at least 4 members (excludes halogenated alkanes) is 10. The smallest absolute Gasteiger partial charge is 0.338 e. The van der Waals surface area contributed by atoms with Crippen molar-refractivity contribution in [3.8, 4) is 16.9 Å². The number of esters is 2. The normalized spacial score (nSPS) is 27.1. The quantitative estimate of drug-likeness (QED) is 0.0566. The topological polar surface area (TPSA) is 61.8 Å². The summed E-state index contributed by atoms with van der Waals surface area (Å²) in [6.07, 6.45) is 31.2. The van der Waals surface area contributed by atoms with E-state index in [-0.39, 0.29) is 18.0 Å².